The Bertz CT molecular complexity index is 576. The number of hydrogen-bond donors (Lipinski definition) is 3. The number of alkyl halides is 2. The highest BCUT2D eigenvalue weighted by atomic mass is 19.3. The molecule has 0 aromatic carbocycles. The second kappa shape index (κ2) is 5.47. The van der Waals surface area contributed by atoms with Crippen LogP contribution in [-0.4, -0.2) is 38.1 Å². The van der Waals surface area contributed by atoms with Crippen LogP contribution in [0, 0.1) is 0 Å². The first-order chi connectivity index (χ1) is 9.70. The molecule has 1 aromatic heterocycles. The molecule has 4 N–H and O–H groups in total. The van der Waals surface area contributed by atoms with Crippen molar-refractivity contribution in [1.82, 2.24) is 15.0 Å². The van der Waals surface area contributed by atoms with E-state index in [2.05, 4.69) is 20.3 Å². The van der Waals surface area contributed by atoms with Gasteiger partial charge in [0.2, 0.25) is 11.9 Å². The molecule has 116 valence electrons. The number of aliphatic hydroxyl groups excluding tert-OH is 1. The van der Waals surface area contributed by atoms with Crippen molar-refractivity contribution in [2.45, 2.75) is 44.8 Å². The van der Waals surface area contributed by atoms with Crippen LogP contribution >= 0.6 is 0 Å². The summed E-state index contributed by atoms with van der Waals surface area (Å²) in [5.74, 6) is -4.99. The van der Waals surface area contributed by atoms with E-state index in [0.717, 1.165) is 0 Å². The molecule has 2 rings (SSSR count). The predicted molar refractivity (Wildman–Crippen MR) is 71.2 cm³/mol. The Morgan fingerprint density at radius 3 is 2.62 bits per heavy atom. The Hall–Kier alpha value is -1.90. The fraction of sp³-hybridized carbons (Fsp3) is 0.583. The number of nitrogen functional groups attached to an aromatic ring is 1. The van der Waals surface area contributed by atoms with Crippen molar-refractivity contribution in [2.75, 3.05) is 11.1 Å². The molecule has 1 unspecified atom stereocenters. The zero-order chi connectivity index (χ0) is 15.8. The topological polar surface area (TPSA) is 97.0 Å². The van der Waals surface area contributed by atoms with Gasteiger partial charge in [-0.1, -0.05) is 0 Å². The largest absolute Gasteiger partial charge is 0.380 e. The van der Waals surface area contributed by atoms with E-state index in [0.29, 0.717) is 0 Å². The molecule has 6 nitrogen and oxygen atoms in total. The van der Waals surface area contributed by atoms with Crippen molar-refractivity contribution in [2.24, 2.45) is 0 Å². The lowest BCUT2D eigenvalue weighted by Crippen LogP contribution is -2.37. The summed E-state index contributed by atoms with van der Waals surface area (Å²) in [4.78, 5) is 11.6. The minimum absolute atomic E-state index is 0.000226. The first-order valence-corrected chi connectivity index (χ1v) is 6.43. The number of aliphatic hydroxyl groups is 1. The molecule has 0 fully saturated rings. The molecule has 9 heteroatoms. The predicted octanol–water partition coefficient (Wildman–Crippen LogP) is 1.74. The summed E-state index contributed by atoms with van der Waals surface area (Å²) in [6.45, 7) is 3.68. The van der Waals surface area contributed by atoms with Crippen LogP contribution in [0.2, 0.25) is 0 Å². The lowest BCUT2D eigenvalue weighted by molar-refractivity contribution is -0.107. The summed E-state index contributed by atoms with van der Waals surface area (Å²) >= 11 is 0. The summed E-state index contributed by atoms with van der Waals surface area (Å²) in [5.41, 5.74) is 5.35. The van der Waals surface area contributed by atoms with E-state index in [-0.39, 0.29) is 35.8 Å². The van der Waals surface area contributed by atoms with Crippen LogP contribution in [-0.2, 0) is 0 Å². The third kappa shape index (κ3) is 3.23. The minimum Gasteiger partial charge on any atom is -0.380 e. The van der Waals surface area contributed by atoms with E-state index in [9.17, 15) is 18.3 Å². The first-order valence-electron chi connectivity index (χ1n) is 6.43. The normalized spacial score (nSPS) is 21.8. The Morgan fingerprint density at radius 2 is 2.00 bits per heavy atom. The first kappa shape index (κ1) is 15.5. The molecule has 1 heterocycles. The molecule has 0 amide bonds. The second-order valence-corrected chi connectivity index (χ2v) is 5.13. The lowest BCUT2D eigenvalue weighted by atomic mass is 9.92. The fourth-order valence-corrected chi connectivity index (χ4v) is 1.97. The second-order valence-electron chi connectivity index (χ2n) is 5.13. The zero-order valence-corrected chi connectivity index (χ0v) is 11.6. The van der Waals surface area contributed by atoms with E-state index < -0.39 is 24.3 Å². The maximum absolute atomic E-state index is 13.9. The number of rotatable bonds is 3. The summed E-state index contributed by atoms with van der Waals surface area (Å²) in [6, 6.07) is -0.000226. The van der Waals surface area contributed by atoms with Gasteiger partial charge in [0.1, 0.15) is 5.83 Å². The van der Waals surface area contributed by atoms with Gasteiger partial charge in [-0.15, -0.1) is 0 Å². The maximum atomic E-state index is 13.9. The smallest absolute Gasteiger partial charge is 0.280 e. The van der Waals surface area contributed by atoms with Gasteiger partial charge in [0, 0.05) is 18.0 Å². The number of nitrogens with two attached hydrogens (primary N) is 1. The van der Waals surface area contributed by atoms with Crippen molar-refractivity contribution in [3.05, 3.63) is 11.7 Å². The maximum Gasteiger partial charge on any atom is 0.280 e. The molecule has 21 heavy (non-hydrogen) atoms. The number of nitrogens with zero attached hydrogens (tertiary/aromatic N) is 3. The molecule has 0 aliphatic heterocycles. The number of nitrogens with one attached hydrogen (secondary N) is 1. The third-order valence-corrected chi connectivity index (χ3v) is 2.98. The molecule has 1 atom stereocenters. The molecule has 0 saturated carbocycles. The van der Waals surface area contributed by atoms with Crippen LogP contribution in [0.3, 0.4) is 0 Å². The highest BCUT2D eigenvalue weighted by Crippen LogP contribution is 2.40. The van der Waals surface area contributed by atoms with Crippen molar-refractivity contribution in [3.63, 3.8) is 0 Å². The molecule has 0 bridgehead atoms. The highest BCUT2D eigenvalue weighted by molar-refractivity contribution is 5.65. The van der Waals surface area contributed by atoms with Crippen molar-refractivity contribution in [1.29, 1.82) is 0 Å². The monoisotopic (exact) mass is 303 g/mol. The lowest BCUT2D eigenvalue weighted by Gasteiger charge is -2.27. The molecule has 1 aliphatic carbocycles. The molecular formula is C12H16F3N5O. The standard InChI is InChI=1S/C12H16F3N5O/c1-5(2)17-11-19-9(18-10(16)20-11)6-3-4-12(14,15)8(21)7(6)13/h5,8,21H,3-4H2,1-2H3,(H3,16,17,18,19,20). The fourth-order valence-electron chi connectivity index (χ4n) is 1.97. The summed E-state index contributed by atoms with van der Waals surface area (Å²) in [6.07, 6.45) is -3.46. The van der Waals surface area contributed by atoms with E-state index in [4.69, 9.17) is 5.73 Å². The van der Waals surface area contributed by atoms with Crippen molar-refractivity contribution >= 4 is 17.5 Å². The number of halogens is 3. The molecule has 0 spiro atoms. The van der Waals surface area contributed by atoms with Crippen LogP contribution in [0.5, 0.6) is 0 Å². The number of hydrogen-bond acceptors (Lipinski definition) is 6. The SMILES string of the molecule is CC(C)Nc1nc(N)nc(C2=C(F)C(O)C(F)(F)CC2)n1. The van der Waals surface area contributed by atoms with Gasteiger partial charge in [0.25, 0.3) is 5.92 Å². The average Bonchev–Trinajstić information content (AvgIpc) is 2.34. The Labute approximate surface area is 119 Å². The Kier molecular flexibility index (Phi) is 4.04. The third-order valence-electron chi connectivity index (χ3n) is 2.98. The molecule has 0 radical (unpaired) electrons. The van der Waals surface area contributed by atoms with Crippen LogP contribution in [0.15, 0.2) is 5.83 Å². The van der Waals surface area contributed by atoms with Gasteiger partial charge in [-0.3, -0.25) is 0 Å². The van der Waals surface area contributed by atoms with Gasteiger partial charge >= 0.3 is 0 Å². The van der Waals surface area contributed by atoms with Gasteiger partial charge in [-0.25, -0.2) is 13.2 Å². The van der Waals surface area contributed by atoms with Gasteiger partial charge in [0.15, 0.2) is 11.9 Å². The summed E-state index contributed by atoms with van der Waals surface area (Å²) < 4.78 is 40.4. The van der Waals surface area contributed by atoms with Crippen molar-refractivity contribution in [3.8, 4) is 0 Å². The van der Waals surface area contributed by atoms with Gasteiger partial charge in [0.05, 0.1) is 0 Å². The van der Waals surface area contributed by atoms with Crippen LogP contribution in [0.4, 0.5) is 25.1 Å². The van der Waals surface area contributed by atoms with E-state index in [1.165, 1.54) is 0 Å². The number of anilines is 2. The Morgan fingerprint density at radius 1 is 1.33 bits per heavy atom. The zero-order valence-electron chi connectivity index (χ0n) is 11.6. The van der Waals surface area contributed by atoms with Gasteiger partial charge in [-0.2, -0.15) is 15.0 Å². The van der Waals surface area contributed by atoms with E-state index >= 15 is 0 Å². The number of aromatic nitrogens is 3. The van der Waals surface area contributed by atoms with Gasteiger partial charge < -0.3 is 16.2 Å². The summed E-state index contributed by atoms with van der Waals surface area (Å²) in [5, 5.41) is 12.2. The van der Waals surface area contributed by atoms with E-state index in [1.54, 1.807) is 0 Å². The molecular weight excluding hydrogens is 287 g/mol. The van der Waals surface area contributed by atoms with Crippen molar-refractivity contribution < 1.29 is 18.3 Å². The quantitative estimate of drug-likeness (QED) is 0.787. The van der Waals surface area contributed by atoms with Crippen LogP contribution in [0.1, 0.15) is 32.5 Å². The Balaban J connectivity index is 2.42. The summed E-state index contributed by atoms with van der Waals surface area (Å²) in [7, 11) is 0. The van der Waals surface area contributed by atoms with E-state index in [1.807, 2.05) is 13.8 Å². The van der Waals surface area contributed by atoms with Crippen LogP contribution in [0.25, 0.3) is 5.57 Å². The highest BCUT2D eigenvalue weighted by Gasteiger charge is 2.46. The van der Waals surface area contributed by atoms with Gasteiger partial charge in [-0.05, 0) is 20.3 Å². The number of allylic oxidation sites excluding steroid dienone is 1. The molecule has 0 saturated heterocycles. The average molecular weight is 303 g/mol. The van der Waals surface area contributed by atoms with Crippen LogP contribution < -0.4 is 11.1 Å². The molecule has 1 aliphatic rings. The molecule has 1 aromatic rings. The minimum atomic E-state index is -3.49.